The zero-order valence-corrected chi connectivity index (χ0v) is 17.3. The molecule has 2 aromatic rings. The van der Waals surface area contributed by atoms with Gasteiger partial charge in [0.05, 0.1) is 0 Å². The van der Waals surface area contributed by atoms with Crippen LogP contribution in [0.1, 0.15) is 25.1 Å². The molecule has 1 saturated heterocycles. The number of fused-ring (bicyclic) bond motifs is 3. The Bertz CT molecular complexity index is 851. The van der Waals surface area contributed by atoms with Gasteiger partial charge in [0.2, 0.25) is 5.91 Å². The molecule has 0 N–H and O–H groups in total. The fourth-order valence-electron chi connectivity index (χ4n) is 4.46. The van der Waals surface area contributed by atoms with Crippen molar-refractivity contribution in [1.82, 2.24) is 19.3 Å². The number of aromatic nitrogens is 1. The van der Waals surface area contributed by atoms with Crippen molar-refractivity contribution in [1.29, 1.82) is 0 Å². The van der Waals surface area contributed by atoms with Gasteiger partial charge < -0.3 is 14.4 Å². The van der Waals surface area contributed by atoms with Gasteiger partial charge in [0, 0.05) is 73.4 Å². The van der Waals surface area contributed by atoms with E-state index < -0.39 is 0 Å². The van der Waals surface area contributed by atoms with Gasteiger partial charge in [-0.05, 0) is 44.7 Å². The average molecular weight is 389 g/mol. The van der Waals surface area contributed by atoms with E-state index in [1.165, 1.54) is 16.6 Å². The van der Waals surface area contributed by atoms with E-state index in [0.29, 0.717) is 12.6 Å². The van der Waals surface area contributed by atoms with Crippen LogP contribution in [-0.2, 0) is 24.3 Å². The minimum absolute atomic E-state index is 0.229. The van der Waals surface area contributed by atoms with E-state index in [9.17, 15) is 4.79 Å². The first-order chi connectivity index (χ1) is 12.9. The summed E-state index contributed by atoms with van der Waals surface area (Å²) in [5.74, 6) is 0.229. The molecule has 0 unspecified atom stereocenters. The minimum atomic E-state index is 0.229. The van der Waals surface area contributed by atoms with E-state index in [2.05, 4.69) is 47.4 Å². The largest absolute Gasteiger partial charge is 0.339 e. The van der Waals surface area contributed by atoms with E-state index in [1.54, 1.807) is 0 Å². The fourth-order valence-corrected chi connectivity index (χ4v) is 4.63. The average Bonchev–Trinajstić information content (AvgIpc) is 2.94. The smallest absolute Gasteiger partial charge is 0.242 e. The van der Waals surface area contributed by atoms with Gasteiger partial charge in [-0.1, -0.05) is 11.6 Å². The summed E-state index contributed by atoms with van der Waals surface area (Å²) < 4.78 is 2.24. The number of rotatable bonds is 3. The van der Waals surface area contributed by atoms with Gasteiger partial charge in [0.1, 0.15) is 6.54 Å². The Hall–Kier alpha value is -1.56. The van der Waals surface area contributed by atoms with Crippen molar-refractivity contribution in [3.63, 3.8) is 0 Å². The van der Waals surface area contributed by atoms with Gasteiger partial charge in [-0.25, -0.2) is 0 Å². The number of amides is 1. The van der Waals surface area contributed by atoms with Crippen LogP contribution in [0.15, 0.2) is 18.2 Å². The normalized spacial score (nSPS) is 19.1. The highest BCUT2D eigenvalue weighted by Gasteiger charge is 2.26. The maximum Gasteiger partial charge on any atom is 0.242 e. The molecule has 3 heterocycles. The van der Waals surface area contributed by atoms with Gasteiger partial charge >= 0.3 is 0 Å². The van der Waals surface area contributed by atoms with Crippen molar-refractivity contribution < 1.29 is 4.79 Å². The SMILES string of the molecule is CC(C)N1CCN(C(=O)Cn2c3c(c4cc(Cl)ccc42)CN(C)CC3)CC1. The van der Waals surface area contributed by atoms with E-state index in [4.69, 9.17) is 11.6 Å². The number of halogens is 1. The van der Waals surface area contributed by atoms with Crippen molar-refractivity contribution in [3.05, 3.63) is 34.5 Å². The van der Waals surface area contributed by atoms with Gasteiger partial charge in [0.25, 0.3) is 0 Å². The first-order valence-corrected chi connectivity index (χ1v) is 10.3. The predicted octanol–water partition coefficient (Wildman–Crippen LogP) is 2.84. The number of piperazine rings is 1. The number of carbonyl (C=O) groups excluding carboxylic acids is 1. The van der Waals surface area contributed by atoms with Crippen molar-refractivity contribution in [2.24, 2.45) is 0 Å². The molecule has 0 atom stereocenters. The Morgan fingerprint density at radius 2 is 1.89 bits per heavy atom. The van der Waals surface area contributed by atoms with Crippen LogP contribution in [0.5, 0.6) is 0 Å². The lowest BCUT2D eigenvalue weighted by Gasteiger charge is -2.37. The molecule has 0 aliphatic carbocycles. The molecule has 0 saturated carbocycles. The quantitative estimate of drug-likeness (QED) is 0.810. The number of benzene rings is 1. The molecule has 2 aliphatic rings. The Labute approximate surface area is 166 Å². The highest BCUT2D eigenvalue weighted by atomic mass is 35.5. The van der Waals surface area contributed by atoms with Crippen LogP contribution in [0.3, 0.4) is 0 Å². The lowest BCUT2D eigenvalue weighted by atomic mass is 10.1. The van der Waals surface area contributed by atoms with Crippen molar-refractivity contribution in [2.75, 3.05) is 39.8 Å². The molecule has 0 bridgehead atoms. The molecule has 4 rings (SSSR count). The summed E-state index contributed by atoms with van der Waals surface area (Å²) in [6.45, 7) is 10.4. The van der Waals surface area contributed by atoms with Crippen molar-refractivity contribution in [2.45, 2.75) is 39.4 Å². The third-order valence-electron chi connectivity index (χ3n) is 6.10. The molecule has 146 valence electrons. The van der Waals surface area contributed by atoms with Crippen molar-refractivity contribution in [3.8, 4) is 0 Å². The Balaban J connectivity index is 1.60. The lowest BCUT2D eigenvalue weighted by Crippen LogP contribution is -2.51. The summed E-state index contributed by atoms with van der Waals surface area (Å²) in [5.41, 5.74) is 3.77. The second-order valence-electron chi connectivity index (χ2n) is 8.17. The standard InChI is InChI=1S/C21H29ClN4O/c1-15(2)24-8-10-25(11-9-24)21(27)14-26-19-5-4-16(22)12-17(19)18-13-23(3)7-6-20(18)26/h4-5,12,15H,6-11,13-14H2,1-3H3. The third-order valence-corrected chi connectivity index (χ3v) is 6.33. The monoisotopic (exact) mass is 388 g/mol. The molecule has 1 amide bonds. The highest BCUT2D eigenvalue weighted by Crippen LogP contribution is 2.32. The molecule has 5 nitrogen and oxygen atoms in total. The molecule has 1 aromatic heterocycles. The summed E-state index contributed by atoms with van der Waals surface area (Å²) in [5, 5.41) is 1.95. The summed E-state index contributed by atoms with van der Waals surface area (Å²) in [7, 11) is 2.15. The molecule has 1 fully saturated rings. The van der Waals surface area contributed by atoms with Crippen LogP contribution in [0.25, 0.3) is 10.9 Å². The van der Waals surface area contributed by atoms with Gasteiger partial charge in [0.15, 0.2) is 0 Å². The number of nitrogens with zero attached hydrogens (tertiary/aromatic N) is 4. The summed E-state index contributed by atoms with van der Waals surface area (Å²) in [6, 6.07) is 6.60. The molecule has 27 heavy (non-hydrogen) atoms. The van der Waals surface area contributed by atoms with E-state index in [0.717, 1.165) is 56.2 Å². The van der Waals surface area contributed by atoms with Crippen LogP contribution in [0.4, 0.5) is 0 Å². The molecule has 0 spiro atoms. The lowest BCUT2D eigenvalue weighted by molar-refractivity contribution is -0.133. The first kappa shape index (κ1) is 18.8. The maximum atomic E-state index is 13.1. The number of hydrogen-bond acceptors (Lipinski definition) is 3. The Morgan fingerprint density at radius 3 is 2.59 bits per heavy atom. The Kier molecular flexibility index (Phi) is 5.19. The van der Waals surface area contributed by atoms with E-state index in [-0.39, 0.29) is 5.91 Å². The number of likely N-dealkylation sites (N-methyl/N-ethyl adjacent to an activating group) is 1. The van der Waals surface area contributed by atoms with Crippen LogP contribution < -0.4 is 0 Å². The summed E-state index contributed by atoms with van der Waals surface area (Å²) >= 11 is 6.27. The molecule has 0 radical (unpaired) electrons. The predicted molar refractivity (Wildman–Crippen MR) is 110 cm³/mol. The zero-order valence-electron chi connectivity index (χ0n) is 16.5. The zero-order chi connectivity index (χ0) is 19.1. The van der Waals surface area contributed by atoms with Crippen LogP contribution in [0, 0.1) is 0 Å². The maximum absolute atomic E-state index is 13.1. The second kappa shape index (κ2) is 7.46. The Morgan fingerprint density at radius 1 is 1.15 bits per heavy atom. The second-order valence-corrected chi connectivity index (χ2v) is 8.61. The molecule has 1 aromatic carbocycles. The van der Waals surface area contributed by atoms with Crippen molar-refractivity contribution >= 4 is 28.4 Å². The fraction of sp³-hybridized carbons (Fsp3) is 0.571. The van der Waals surface area contributed by atoms with Crippen LogP contribution >= 0.6 is 11.6 Å². The summed E-state index contributed by atoms with van der Waals surface area (Å²) in [6.07, 6.45) is 0.979. The number of carbonyl (C=O) groups is 1. The molecule has 6 heteroatoms. The molecule has 2 aliphatic heterocycles. The first-order valence-electron chi connectivity index (χ1n) is 9.94. The number of hydrogen-bond donors (Lipinski definition) is 0. The highest BCUT2D eigenvalue weighted by molar-refractivity contribution is 6.31. The topological polar surface area (TPSA) is 31.7 Å². The summed E-state index contributed by atoms with van der Waals surface area (Å²) in [4.78, 5) is 19.9. The van der Waals surface area contributed by atoms with Crippen LogP contribution in [0.2, 0.25) is 5.02 Å². The molecular weight excluding hydrogens is 360 g/mol. The van der Waals surface area contributed by atoms with Gasteiger partial charge in [-0.3, -0.25) is 9.69 Å². The van der Waals surface area contributed by atoms with E-state index in [1.807, 2.05) is 11.0 Å². The van der Waals surface area contributed by atoms with E-state index >= 15 is 0 Å². The van der Waals surface area contributed by atoms with Gasteiger partial charge in [-0.15, -0.1) is 0 Å². The molecular formula is C21H29ClN4O. The third kappa shape index (κ3) is 3.60. The van der Waals surface area contributed by atoms with Crippen LogP contribution in [-0.4, -0.2) is 71.0 Å². The van der Waals surface area contributed by atoms with Gasteiger partial charge in [-0.2, -0.15) is 0 Å². The minimum Gasteiger partial charge on any atom is -0.339 e.